The lowest BCUT2D eigenvalue weighted by atomic mass is 9.94. The molecule has 0 aromatic heterocycles. The first-order chi connectivity index (χ1) is 7.55. The number of morpholine rings is 1. The molecule has 1 saturated heterocycles. The molecule has 1 aliphatic heterocycles. The van der Waals surface area contributed by atoms with Gasteiger partial charge >= 0.3 is 0 Å². The fourth-order valence-electron chi connectivity index (χ4n) is 1.90. The van der Waals surface area contributed by atoms with Gasteiger partial charge in [-0.05, 0) is 13.3 Å². The molecule has 0 saturated carbocycles. The van der Waals surface area contributed by atoms with Crippen molar-refractivity contribution in [2.75, 3.05) is 26.3 Å². The highest BCUT2D eigenvalue weighted by Gasteiger charge is 2.27. The van der Waals surface area contributed by atoms with Crippen molar-refractivity contribution < 1.29 is 14.6 Å². The van der Waals surface area contributed by atoms with Crippen LogP contribution in [0.15, 0.2) is 0 Å². The number of aliphatic hydroxyl groups is 1. The van der Waals surface area contributed by atoms with E-state index in [4.69, 9.17) is 4.74 Å². The Morgan fingerprint density at radius 2 is 2.06 bits per heavy atom. The van der Waals surface area contributed by atoms with Crippen LogP contribution in [0.25, 0.3) is 0 Å². The molecule has 0 aromatic rings. The van der Waals surface area contributed by atoms with E-state index in [0.29, 0.717) is 32.7 Å². The average molecular weight is 229 g/mol. The Hall–Kier alpha value is -0.610. The van der Waals surface area contributed by atoms with Gasteiger partial charge in [0, 0.05) is 13.1 Å². The van der Waals surface area contributed by atoms with Crippen molar-refractivity contribution in [1.29, 1.82) is 0 Å². The predicted octanol–water partition coefficient (Wildman–Crippen LogP) is 1.18. The van der Waals surface area contributed by atoms with Crippen LogP contribution < -0.4 is 0 Å². The van der Waals surface area contributed by atoms with E-state index in [0.717, 1.165) is 12.8 Å². The Bertz CT molecular complexity index is 222. The summed E-state index contributed by atoms with van der Waals surface area (Å²) in [4.78, 5) is 13.7. The molecule has 1 amide bonds. The van der Waals surface area contributed by atoms with Crippen LogP contribution in [-0.4, -0.2) is 47.8 Å². The van der Waals surface area contributed by atoms with Crippen molar-refractivity contribution in [1.82, 2.24) is 4.90 Å². The molecule has 0 bridgehead atoms. The molecule has 16 heavy (non-hydrogen) atoms. The summed E-state index contributed by atoms with van der Waals surface area (Å²) in [6, 6.07) is 0. The molecule has 4 heteroatoms. The fourth-order valence-corrected chi connectivity index (χ4v) is 1.90. The Morgan fingerprint density at radius 3 is 2.62 bits per heavy atom. The molecule has 4 nitrogen and oxygen atoms in total. The second kappa shape index (κ2) is 6.21. The van der Waals surface area contributed by atoms with Crippen molar-refractivity contribution in [3.8, 4) is 0 Å². The molecule has 94 valence electrons. The number of carbonyl (C=O) groups is 1. The Kier molecular flexibility index (Phi) is 5.22. The molecule has 0 spiro atoms. The van der Waals surface area contributed by atoms with Crippen LogP contribution in [0, 0.1) is 0 Å². The second-order valence-electron chi connectivity index (χ2n) is 4.77. The van der Waals surface area contributed by atoms with E-state index < -0.39 is 5.60 Å². The van der Waals surface area contributed by atoms with Crippen molar-refractivity contribution in [2.45, 2.75) is 45.1 Å². The summed E-state index contributed by atoms with van der Waals surface area (Å²) >= 11 is 0. The maximum absolute atomic E-state index is 11.9. The summed E-state index contributed by atoms with van der Waals surface area (Å²) in [7, 11) is 0. The lowest BCUT2D eigenvalue weighted by molar-refractivity contribution is -0.140. The number of ether oxygens (including phenoxy) is 1. The van der Waals surface area contributed by atoms with Crippen LogP contribution in [0.2, 0.25) is 0 Å². The number of hydrogen-bond donors (Lipinski definition) is 1. The zero-order valence-electron chi connectivity index (χ0n) is 10.4. The van der Waals surface area contributed by atoms with Gasteiger partial charge in [-0.3, -0.25) is 4.79 Å². The highest BCUT2D eigenvalue weighted by atomic mass is 16.5. The van der Waals surface area contributed by atoms with Gasteiger partial charge in [0.1, 0.15) is 0 Å². The summed E-state index contributed by atoms with van der Waals surface area (Å²) in [6.07, 6.45) is 2.93. The maximum Gasteiger partial charge on any atom is 0.225 e. The van der Waals surface area contributed by atoms with Crippen molar-refractivity contribution >= 4 is 5.91 Å². The highest BCUT2D eigenvalue weighted by Crippen LogP contribution is 2.19. The SMILES string of the molecule is CCCC[C@@](C)(O)CC(=O)N1CCOCC1. The Labute approximate surface area is 97.6 Å². The van der Waals surface area contributed by atoms with Gasteiger partial charge < -0.3 is 14.7 Å². The molecule has 1 rings (SSSR count). The third-order valence-electron chi connectivity index (χ3n) is 2.96. The smallest absolute Gasteiger partial charge is 0.225 e. The van der Waals surface area contributed by atoms with E-state index in [1.54, 1.807) is 11.8 Å². The summed E-state index contributed by atoms with van der Waals surface area (Å²) < 4.78 is 5.19. The molecule has 0 aromatic carbocycles. The van der Waals surface area contributed by atoms with E-state index in [1.165, 1.54) is 0 Å². The summed E-state index contributed by atoms with van der Waals surface area (Å²) in [6.45, 7) is 6.37. The normalized spacial score (nSPS) is 20.6. The number of hydrogen-bond acceptors (Lipinski definition) is 3. The van der Waals surface area contributed by atoms with Crippen LogP contribution >= 0.6 is 0 Å². The first-order valence-corrected chi connectivity index (χ1v) is 6.13. The van der Waals surface area contributed by atoms with Gasteiger partial charge in [0.05, 0.1) is 25.2 Å². The zero-order valence-corrected chi connectivity index (χ0v) is 10.4. The molecule has 1 atom stereocenters. The minimum atomic E-state index is -0.856. The Balaban J connectivity index is 2.36. The minimum absolute atomic E-state index is 0.0457. The van der Waals surface area contributed by atoms with Gasteiger partial charge in [0.25, 0.3) is 0 Å². The summed E-state index contributed by atoms with van der Waals surface area (Å²) in [5.74, 6) is 0.0457. The first-order valence-electron chi connectivity index (χ1n) is 6.13. The number of unbranched alkanes of at least 4 members (excludes halogenated alkanes) is 1. The number of nitrogens with zero attached hydrogens (tertiary/aromatic N) is 1. The molecule has 1 fully saturated rings. The third-order valence-corrected chi connectivity index (χ3v) is 2.96. The molecule has 0 unspecified atom stereocenters. The molecule has 1 aliphatic rings. The van der Waals surface area contributed by atoms with Crippen LogP contribution in [0.1, 0.15) is 39.5 Å². The Morgan fingerprint density at radius 1 is 1.44 bits per heavy atom. The van der Waals surface area contributed by atoms with Gasteiger partial charge in [0.2, 0.25) is 5.91 Å². The van der Waals surface area contributed by atoms with E-state index >= 15 is 0 Å². The topological polar surface area (TPSA) is 49.8 Å². The third kappa shape index (κ3) is 4.49. The van der Waals surface area contributed by atoms with Crippen molar-refractivity contribution in [3.63, 3.8) is 0 Å². The molecule has 1 heterocycles. The van der Waals surface area contributed by atoms with Crippen LogP contribution in [0.5, 0.6) is 0 Å². The van der Waals surface area contributed by atoms with E-state index in [9.17, 15) is 9.90 Å². The maximum atomic E-state index is 11.9. The quantitative estimate of drug-likeness (QED) is 0.770. The lowest BCUT2D eigenvalue weighted by Gasteiger charge is -2.30. The van der Waals surface area contributed by atoms with E-state index in [-0.39, 0.29) is 12.3 Å². The highest BCUT2D eigenvalue weighted by molar-refractivity contribution is 5.77. The largest absolute Gasteiger partial charge is 0.390 e. The lowest BCUT2D eigenvalue weighted by Crippen LogP contribution is -2.43. The van der Waals surface area contributed by atoms with Gasteiger partial charge in [-0.1, -0.05) is 19.8 Å². The predicted molar refractivity (Wildman–Crippen MR) is 62.2 cm³/mol. The monoisotopic (exact) mass is 229 g/mol. The first kappa shape index (κ1) is 13.5. The molecular weight excluding hydrogens is 206 g/mol. The van der Waals surface area contributed by atoms with Gasteiger partial charge in [-0.2, -0.15) is 0 Å². The van der Waals surface area contributed by atoms with Gasteiger partial charge in [-0.25, -0.2) is 0 Å². The minimum Gasteiger partial charge on any atom is -0.390 e. The number of rotatable bonds is 5. The molecule has 0 aliphatic carbocycles. The van der Waals surface area contributed by atoms with E-state index in [2.05, 4.69) is 6.92 Å². The standard InChI is InChI=1S/C12H23NO3/c1-3-4-5-12(2,15)10-11(14)13-6-8-16-9-7-13/h15H,3-10H2,1-2H3/t12-/m1/s1. The average Bonchev–Trinajstić information content (AvgIpc) is 2.27. The number of amides is 1. The molecular formula is C12H23NO3. The second-order valence-corrected chi connectivity index (χ2v) is 4.77. The fraction of sp³-hybridized carbons (Fsp3) is 0.917. The van der Waals surface area contributed by atoms with Crippen molar-refractivity contribution in [3.05, 3.63) is 0 Å². The molecule has 1 N–H and O–H groups in total. The van der Waals surface area contributed by atoms with Crippen molar-refractivity contribution in [2.24, 2.45) is 0 Å². The van der Waals surface area contributed by atoms with E-state index in [1.807, 2.05) is 0 Å². The zero-order chi connectivity index (χ0) is 12.0. The van der Waals surface area contributed by atoms with Crippen LogP contribution in [-0.2, 0) is 9.53 Å². The molecule has 0 radical (unpaired) electrons. The van der Waals surface area contributed by atoms with Gasteiger partial charge in [0.15, 0.2) is 0 Å². The van der Waals surface area contributed by atoms with Gasteiger partial charge in [-0.15, -0.1) is 0 Å². The summed E-state index contributed by atoms with van der Waals surface area (Å²) in [5.41, 5.74) is -0.856. The van der Waals surface area contributed by atoms with Crippen LogP contribution in [0.3, 0.4) is 0 Å². The number of carbonyl (C=O) groups excluding carboxylic acids is 1. The summed E-state index contributed by atoms with van der Waals surface area (Å²) in [5, 5.41) is 10.1. The van der Waals surface area contributed by atoms with Crippen LogP contribution in [0.4, 0.5) is 0 Å².